The van der Waals surface area contributed by atoms with Crippen LogP contribution in [0.15, 0.2) is 18.2 Å². The van der Waals surface area contributed by atoms with Gasteiger partial charge in [-0.05, 0) is 45.9 Å². The first kappa shape index (κ1) is 16.3. The Morgan fingerprint density at radius 3 is 2.55 bits per heavy atom. The number of hydrogen-bond acceptors (Lipinski definition) is 5. The van der Waals surface area contributed by atoms with Gasteiger partial charge in [0.1, 0.15) is 0 Å². The van der Waals surface area contributed by atoms with Crippen LogP contribution in [0.5, 0.6) is 11.5 Å². The van der Waals surface area contributed by atoms with Gasteiger partial charge in [-0.25, -0.2) is 4.98 Å². The van der Waals surface area contributed by atoms with Crippen molar-refractivity contribution in [2.45, 2.75) is 33.8 Å². The number of nitrogens with zero attached hydrogens (tertiary/aromatic N) is 1. The minimum absolute atomic E-state index is 0.0369. The maximum Gasteiger partial charge on any atom is 0.257 e. The second-order valence-corrected chi connectivity index (χ2v) is 6.35. The van der Waals surface area contributed by atoms with Gasteiger partial charge in [-0.3, -0.25) is 10.1 Å². The summed E-state index contributed by atoms with van der Waals surface area (Å²) in [6, 6.07) is 5.12. The van der Waals surface area contributed by atoms with Gasteiger partial charge in [-0.1, -0.05) is 0 Å². The second-order valence-electron chi connectivity index (χ2n) is 5.15. The molecule has 0 radical (unpaired) electrons. The maximum atomic E-state index is 12.3. The van der Waals surface area contributed by atoms with Crippen LogP contribution >= 0.6 is 11.3 Å². The molecule has 0 atom stereocenters. The fourth-order valence-electron chi connectivity index (χ4n) is 1.86. The van der Waals surface area contributed by atoms with E-state index in [1.807, 2.05) is 27.7 Å². The molecular weight excluding hydrogens is 300 g/mol. The third-order valence-corrected chi connectivity index (χ3v) is 4.03. The molecule has 0 fully saturated rings. The smallest absolute Gasteiger partial charge is 0.257 e. The van der Waals surface area contributed by atoms with E-state index in [1.54, 1.807) is 25.3 Å². The normalized spacial score (nSPS) is 10.6. The van der Waals surface area contributed by atoms with E-state index in [-0.39, 0.29) is 12.0 Å². The van der Waals surface area contributed by atoms with E-state index < -0.39 is 0 Å². The Balaban J connectivity index is 2.19. The fraction of sp³-hybridized carbons (Fsp3) is 0.375. The average Bonchev–Trinajstić information content (AvgIpc) is 2.76. The average molecular weight is 320 g/mol. The van der Waals surface area contributed by atoms with E-state index in [0.717, 1.165) is 10.6 Å². The Labute approximate surface area is 134 Å². The van der Waals surface area contributed by atoms with Crippen LogP contribution in [0.3, 0.4) is 0 Å². The first-order valence-corrected chi connectivity index (χ1v) is 7.82. The van der Waals surface area contributed by atoms with Crippen LogP contribution in [0.25, 0.3) is 0 Å². The van der Waals surface area contributed by atoms with Gasteiger partial charge in [0.05, 0.1) is 18.9 Å². The Kier molecular flexibility index (Phi) is 5.03. The highest BCUT2D eigenvalue weighted by Crippen LogP contribution is 2.29. The lowest BCUT2D eigenvalue weighted by Gasteiger charge is -2.14. The topological polar surface area (TPSA) is 60.5 Å². The van der Waals surface area contributed by atoms with Crippen LogP contribution in [0.4, 0.5) is 5.13 Å². The number of anilines is 1. The van der Waals surface area contributed by atoms with Crippen LogP contribution in [0.1, 0.15) is 34.8 Å². The number of ether oxygens (including phenoxy) is 2. The molecule has 0 saturated heterocycles. The number of rotatable bonds is 5. The maximum absolute atomic E-state index is 12.3. The zero-order chi connectivity index (χ0) is 16.3. The van der Waals surface area contributed by atoms with Gasteiger partial charge in [-0.2, -0.15) is 0 Å². The van der Waals surface area contributed by atoms with Crippen molar-refractivity contribution in [3.05, 3.63) is 34.3 Å². The summed E-state index contributed by atoms with van der Waals surface area (Å²) in [5.41, 5.74) is 1.43. The third kappa shape index (κ3) is 3.76. The van der Waals surface area contributed by atoms with Crippen molar-refractivity contribution in [1.29, 1.82) is 0 Å². The van der Waals surface area contributed by atoms with Crippen molar-refractivity contribution < 1.29 is 14.3 Å². The summed E-state index contributed by atoms with van der Waals surface area (Å²) in [5, 5.41) is 3.40. The molecule has 0 aliphatic carbocycles. The number of nitrogens with one attached hydrogen (secondary N) is 1. The minimum Gasteiger partial charge on any atom is -0.493 e. The molecule has 6 heteroatoms. The van der Waals surface area contributed by atoms with Crippen LogP contribution < -0.4 is 14.8 Å². The highest BCUT2D eigenvalue weighted by molar-refractivity contribution is 7.15. The molecule has 0 bridgehead atoms. The number of carbonyl (C=O) groups is 1. The number of amides is 1. The van der Waals surface area contributed by atoms with E-state index >= 15 is 0 Å². The summed E-state index contributed by atoms with van der Waals surface area (Å²) in [6.07, 6.45) is 0.0369. The summed E-state index contributed by atoms with van der Waals surface area (Å²) in [4.78, 5) is 17.7. The van der Waals surface area contributed by atoms with Gasteiger partial charge in [-0.15, -0.1) is 11.3 Å². The van der Waals surface area contributed by atoms with Crippen molar-refractivity contribution in [1.82, 2.24) is 4.98 Å². The molecule has 1 amide bonds. The summed E-state index contributed by atoms with van der Waals surface area (Å²) < 4.78 is 10.9. The first-order chi connectivity index (χ1) is 10.4. The number of thiazole rings is 1. The van der Waals surface area contributed by atoms with Crippen molar-refractivity contribution in [2.24, 2.45) is 0 Å². The Bertz CT molecular complexity index is 661. The lowest BCUT2D eigenvalue weighted by Crippen LogP contribution is -2.12. The summed E-state index contributed by atoms with van der Waals surface area (Å²) in [7, 11) is 1.55. The highest BCUT2D eigenvalue weighted by Gasteiger charge is 2.14. The van der Waals surface area contributed by atoms with E-state index in [9.17, 15) is 4.79 Å². The Morgan fingerprint density at radius 1 is 1.27 bits per heavy atom. The molecule has 1 heterocycles. The van der Waals surface area contributed by atoms with E-state index in [2.05, 4.69) is 10.3 Å². The van der Waals surface area contributed by atoms with Crippen molar-refractivity contribution >= 4 is 22.4 Å². The van der Waals surface area contributed by atoms with Crippen LogP contribution in [0, 0.1) is 13.8 Å². The quantitative estimate of drug-likeness (QED) is 0.910. The van der Waals surface area contributed by atoms with Gasteiger partial charge >= 0.3 is 0 Å². The van der Waals surface area contributed by atoms with Crippen LogP contribution in [-0.2, 0) is 0 Å². The zero-order valence-corrected chi connectivity index (χ0v) is 14.2. The number of aromatic nitrogens is 1. The predicted octanol–water partition coefficient (Wildman–Crippen LogP) is 3.81. The summed E-state index contributed by atoms with van der Waals surface area (Å²) >= 11 is 1.46. The van der Waals surface area contributed by atoms with Gasteiger partial charge in [0.15, 0.2) is 16.6 Å². The largest absolute Gasteiger partial charge is 0.493 e. The molecular formula is C16H20N2O3S. The molecule has 0 spiro atoms. The molecule has 0 saturated carbocycles. The van der Waals surface area contributed by atoms with Crippen LogP contribution in [0.2, 0.25) is 0 Å². The Hall–Kier alpha value is -2.08. The van der Waals surface area contributed by atoms with Crippen molar-refractivity contribution in [3.63, 3.8) is 0 Å². The molecule has 1 aromatic carbocycles. The number of aryl methyl sites for hydroxylation is 2. The standard InChI is InChI=1S/C16H20N2O3S/c1-9(2)21-13-7-6-12(8-14(13)20-5)15(19)18-16-17-10(3)11(4)22-16/h6-9H,1-5H3,(H,17,18,19). The highest BCUT2D eigenvalue weighted by atomic mass is 32.1. The third-order valence-electron chi connectivity index (χ3n) is 3.04. The molecule has 118 valence electrons. The number of benzene rings is 1. The fourth-order valence-corrected chi connectivity index (χ4v) is 2.67. The number of carbonyl (C=O) groups excluding carboxylic acids is 1. The molecule has 1 aromatic heterocycles. The lowest BCUT2D eigenvalue weighted by molar-refractivity contribution is 0.102. The number of hydrogen-bond donors (Lipinski definition) is 1. The van der Waals surface area contributed by atoms with Crippen molar-refractivity contribution in [3.8, 4) is 11.5 Å². The SMILES string of the molecule is COc1cc(C(=O)Nc2nc(C)c(C)s2)ccc1OC(C)C. The zero-order valence-electron chi connectivity index (χ0n) is 13.4. The molecule has 22 heavy (non-hydrogen) atoms. The second kappa shape index (κ2) is 6.79. The minimum atomic E-state index is -0.219. The van der Waals surface area contributed by atoms with E-state index in [4.69, 9.17) is 9.47 Å². The molecule has 2 rings (SSSR count). The van der Waals surface area contributed by atoms with Gasteiger partial charge in [0.2, 0.25) is 0 Å². The van der Waals surface area contributed by atoms with Gasteiger partial charge < -0.3 is 9.47 Å². The molecule has 5 nitrogen and oxygen atoms in total. The van der Waals surface area contributed by atoms with Gasteiger partial charge in [0.25, 0.3) is 5.91 Å². The molecule has 1 N–H and O–H groups in total. The van der Waals surface area contributed by atoms with E-state index in [0.29, 0.717) is 22.2 Å². The molecule has 2 aromatic rings. The van der Waals surface area contributed by atoms with Gasteiger partial charge in [0, 0.05) is 10.4 Å². The lowest BCUT2D eigenvalue weighted by atomic mass is 10.2. The van der Waals surface area contributed by atoms with Crippen molar-refractivity contribution in [2.75, 3.05) is 12.4 Å². The predicted molar refractivity (Wildman–Crippen MR) is 88.3 cm³/mol. The summed E-state index contributed by atoms with van der Waals surface area (Å²) in [6.45, 7) is 7.77. The Morgan fingerprint density at radius 2 is 2.00 bits per heavy atom. The number of methoxy groups -OCH3 is 1. The molecule has 0 aliphatic heterocycles. The first-order valence-electron chi connectivity index (χ1n) is 7.00. The molecule has 0 aliphatic rings. The monoisotopic (exact) mass is 320 g/mol. The van der Waals surface area contributed by atoms with E-state index in [1.165, 1.54) is 11.3 Å². The summed E-state index contributed by atoms with van der Waals surface area (Å²) in [5.74, 6) is 0.936. The molecule has 0 unspecified atom stereocenters. The van der Waals surface area contributed by atoms with Crippen LogP contribution in [-0.4, -0.2) is 24.1 Å².